The van der Waals surface area contributed by atoms with Gasteiger partial charge in [0.05, 0.1) is 5.02 Å². The van der Waals surface area contributed by atoms with Crippen LogP contribution in [0.15, 0.2) is 12.1 Å². The highest BCUT2D eigenvalue weighted by atomic mass is 35.5. The Morgan fingerprint density at radius 1 is 1.38 bits per heavy atom. The van der Waals surface area contributed by atoms with Crippen LogP contribution < -0.4 is 5.73 Å². The third kappa shape index (κ3) is 2.83. The van der Waals surface area contributed by atoms with Gasteiger partial charge in [-0.25, -0.2) is 4.39 Å². The van der Waals surface area contributed by atoms with E-state index in [0.29, 0.717) is 17.0 Å². The highest BCUT2D eigenvalue weighted by Crippen LogP contribution is 2.24. The largest absolute Gasteiger partial charge is 0.328 e. The van der Waals surface area contributed by atoms with Crippen LogP contribution in [0.4, 0.5) is 4.39 Å². The number of halogens is 3. The first-order valence-corrected chi connectivity index (χ1v) is 4.65. The van der Waals surface area contributed by atoms with Crippen molar-refractivity contribution in [1.29, 1.82) is 0 Å². The van der Waals surface area contributed by atoms with Gasteiger partial charge in [0.1, 0.15) is 5.82 Å². The summed E-state index contributed by atoms with van der Waals surface area (Å²) in [5.74, 6) is -0.457. The molecule has 1 unspecified atom stereocenters. The lowest BCUT2D eigenvalue weighted by Crippen LogP contribution is -2.18. The van der Waals surface area contributed by atoms with Crippen LogP contribution in [0.5, 0.6) is 0 Å². The number of nitrogens with two attached hydrogens (primary N) is 1. The molecule has 0 aromatic heterocycles. The maximum absolute atomic E-state index is 13.0. The van der Waals surface area contributed by atoms with Crippen molar-refractivity contribution in [2.75, 3.05) is 0 Å². The monoisotopic (exact) mass is 221 g/mol. The predicted molar refractivity (Wildman–Crippen MR) is 53.8 cm³/mol. The fourth-order valence-electron chi connectivity index (χ4n) is 1.07. The molecule has 72 valence electrons. The quantitative estimate of drug-likeness (QED) is 0.764. The molecule has 0 spiro atoms. The summed E-state index contributed by atoms with van der Waals surface area (Å²) in [5, 5.41) is 0.502. The Hall–Kier alpha value is -0.310. The summed E-state index contributed by atoms with van der Waals surface area (Å²) < 4.78 is 13.0. The van der Waals surface area contributed by atoms with Crippen LogP contribution in [-0.2, 0) is 6.42 Å². The maximum atomic E-state index is 13.0. The lowest BCUT2D eigenvalue weighted by atomic mass is 10.1. The van der Waals surface area contributed by atoms with Crippen LogP contribution in [0.25, 0.3) is 0 Å². The molecule has 0 bridgehead atoms. The summed E-state index contributed by atoms with van der Waals surface area (Å²) in [4.78, 5) is 0. The Kier molecular flexibility index (Phi) is 3.54. The zero-order chi connectivity index (χ0) is 10.0. The van der Waals surface area contributed by atoms with Crippen LogP contribution in [-0.4, -0.2) is 6.04 Å². The second-order valence-corrected chi connectivity index (χ2v) is 3.85. The first-order chi connectivity index (χ1) is 6.00. The fourth-order valence-corrected chi connectivity index (χ4v) is 1.53. The van der Waals surface area contributed by atoms with E-state index in [1.165, 1.54) is 12.1 Å². The standard InChI is InChI=1S/C9H10Cl2FN/c1-5(13)2-6-3-9(12)8(11)4-7(6)10/h3-5H,2,13H2,1H3. The number of hydrogen-bond donors (Lipinski definition) is 1. The Morgan fingerprint density at radius 3 is 2.54 bits per heavy atom. The molecule has 0 heterocycles. The highest BCUT2D eigenvalue weighted by Gasteiger charge is 2.08. The Bertz CT molecular complexity index is 313. The van der Waals surface area contributed by atoms with E-state index in [9.17, 15) is 4.39 Å². The molecular weight excluding hydrogens is 212 g/mol. The van der Waals surface area contributed by atoms with E-state index in [4.69, 9.17) is 28.9 Å². The van der Waals surface area contributed by atoms with Crippen molar-refractivity contribution in [2.24, 2.45) is 5.73 Å². The van der Waals surface area contributed by atoms with Gasteiger partial charge in [0.25, 0.3) is 0 Å². The van der Waals surface area contributed by atoms with Crippen LogP contribution in [0.3, 0.4) is 0 Å². The minimum Gasteiger partial charge on any atom is -0.328 e. The summed E-state index contributed by atoms with van der Waals surface area (Å²) in [6.07, 6.45) is 0.549. The van der Waals surface area contributed by atoms with Gasteiger partial charge >= 0.3 is 0 Å². The van der Waals surface area contributed by atoms with Gasteiger partial charge in [-0.1, -0.05) is 23.2 Å². The summed E-state index contributed by atoms with van der Waals surface area (Å²) >= 11 is 11.4. The summed E-state index contributed by atoms with van der Waals surface area (Å²) in [6.45, 7) is 1.84. The van der Waals surface area contributed by atoms with Crippen molar-refractivity contribution < 1.29 is 4.39 Å². The molecule has 1 aromatic rings. The van der Waals surface area contributed by atoms with Gasteiger partial charge in [0.2, 0.25) is 0 Å². The lowest BCUT2D eigenvalue weighted by molar-refractivity contribution is 0.623. The molecule has 1 rings (SSSR count). The molecule has 0 aliphatic heterocycles. The molecule has 1 nitrogen and oxygen atoms in total. The normalized spacial score (nSPS) is 13.0. The molecule has 0 saturated heterocycles. The first kappa shape index (κ1) is 10.8. The molecule has 0 saturated carbocycles. The van der Waals surface area contributed by atoms with Crippen molar-refractivity contribution in [3.63, 3.8) is 0 Å². The average molecular weight is 222 g/mol. The van der Waals surface area contributed by atoms with E-state index in [1.54, 1.807) is 0 Å². The molecule has 1 atom stereocenters. The van der Waals surface area contributed by atoms with Crippen LogP contribution in [0.2, 0.25) is 10.0 Å². The fraction of sp³-hybridized carbons (Fsp3) is 0.333. The van der Waals surface area contributed by atoms with E-state index in [0.717, 1.165) is 0 Å². The van der Waals surface area contributed by atoms with Crippen molar-refractivity contribution in [3.8, 4) is 0 Å². The van der Waals surface area contributed by atoms with Crippen molar-refractivity contribution >= 4 is 23.2 Å². The average Bonchev–Trinajstić information content (AvgIpc) is 1.99. The van der Waals surface area contributed by atoms with E-state index in [2.05, 4.69) is 0 Å². The molecule has 0 aliphatic carbocycles. The van der Waals surface area contributed by atoms with Gasteiger partial charge in [0.15, 0.2) is 0 Å². The van der Waals surface area contributed by atoms with Crippen LogP contribution in [0.1, 0.15) is 12.5 Å². The molecule has 0 aliphatic rings. The molecule has 4 heteroatoms. The minimum atomic E-state index is -0.457. The number of rotatable bonds is 2. The SMILES string of the molecule is CC(N)Cc1cc(F)c(Cl)cc1Cl. The van der Waals surface area contributed by atoms with Gasteiger partial charge in [0, 0.05) is 11.1 Å². The van der Waals surface area contributed by atoms with Crippen molar-refractivity contribution in [3.05, 3.63) is 33.6 Å². The Morgan fingerprint density at radius 2 is 2.00 bits per heavy atom. The first-order valence-electron chi connectivity index (χ1n) is 3.89. The Balaban J connectivity index is 3.01. The van der Waals surface area contributed by atoms with Crippen LogP contribution in [0, 0.1) is 5.82 Å². The van der Waals surface area contributed by atoms with Crippen molar-refractivity contribution in [2.45, 2.75) is 19.4 Å². The van der Waals surface area contributed by atoms with E-state index >= 15 is 0 Å². The molecule has 0 fully saturated rings. The van der Waals surface area contributed by atoms with Gasteiger partial charge in [-0.3, -0.25) is 0 Å². The highest BCUT2D eigenvalue weighted by molar-refractivity contribution is 6.35. The van der Waals surface area contributed by atoms with E-state index in [1.807, 2.05) is 6.92 Å². The zero-order valence-corrected chi connectivity index (χ0v) is 8.66. The van der Waals surface area contributed by atoms with Gasteiger partial charge in [-0.2, -0.15) is 0 Å². The maximum Gasteiger partial charge on any atom is 0.142 e. The Labute approximate surface area is 86.6 Å². The number of benzene rings is 1. The topological polar surface area (TPSA) is 26.0 Å². The molecule has 0 amide bonds. The lowest BCUT2D eigenvalue weighted by Gasteiger charge is -2.08. The van der Waals surface area contributed by atoms with Gasteiger partial charge in [-0.05, 0) is 31.0 Å². The summed E-state index contributed by atoms with van der Waals surface area (Å²) in [6, 6.07) is 2.68. The van der Waals surface area contributed by atoms with Gasteiger partial charge in [-0.15, -0.1) is 0 Å². The third-order valence-electron chi connectivity index (χ3n) is 1.63. The van der Waals surface area contributed by atoms with E-state index in [-0.39, 0.29) is 11.1 Å². The second kappa shape index (κ2) is 4.27. The number of hydrogen-bond acceptors (Lipinski definition) is 1. The van der Waals surface area contributed by atoms with Crippen molar-refractivity contribution in [1.82, 2.24) is 0 Å². The van der Waals surface area contributed by atoms with Crippen LogP contribution >= 0.6 is 23.2 Å². The molecule has 0 radical (unpaired) electrons. The molecule has 13 heavy (non-hydrogen) atoms. The smallest absolute Gasteiger partial charge is 0.142 e. The molecular formula is C9H10Cl2FN. The second-order valence-electron chi connectivity index (χ2n) is 3.04. The zero-order valence-electron chi connectivity index (χ0n) is 7.15. The predicted octanol–water partition coefficient (Wildman–Crippen LogP) is 3.02. The molecule has 2 N–H and O–H groups in total. The van der Waals surface area contributed by atoms with E-state index < -0.39 is 5.82 Å². The van der Waals surface area contributed by atoms with Gasteiger partial charge < -0.3 is 5.73 Å². The minimum absolute atomic E-state index is 0.0402. The third-order valence-corrected chi connectivity index (χ3v) is 2.27. The molecule has 1 aromatic carbocycles. The summed E-state index contributed by atoms with van der Waals surface area (Å²) in [7, 11) is 0. The summed E-state index contributed by atoms with van der Waals surface area (Å²) in [5.41, 5.74) is 6.26.